The third-order valence-electron chi connectivity index (χ3n) is 4.38. The van der Waals surface area contributed by atoms with Crippen LogP contribution in [0.1, 0.15) is 63.5 Å². The van der Waals surface area contributed by atoms with Gasteiger partial charge in [-0.15, -0.1) is 0 Å². The number of benzene rings is 1. The smallest absolute Gasteiger partial charge is 0.00510 e. The van der Waals surface area contributed by atoms with Crippen molar-refractivity contribution in [1.82, 2.24) is 0 Å². The van der Waals surface area contributed by atoms with Crippen LogP contribution in [-0.2, 0) is 6.42 Å². The number of hydrogen-bond acceptors (Lipinski definition) is 1. The lowest BCUT2D eigenvalue weighted by atomic mass is 9.70. The van der Waals surface area contributed by atoms with Gasteiger partial charge in [0.15, 0.2) is 0 Å². The van der Waals surface area contributed by atoms with Crippen molar-refractivity contribution >= 4 is 0 Å². The predicted molar refractivity (Wildman–Crippen MR) is 78.8 cm³/mol. The summed E-state index contributed by atoms with van der Waals surface area (Å²) in [5.41, 5.74) is 9.54. The molecule has 0 aliphatic heterocycles. The van der Waals surface area contributed by atoms with Crippen LogP contribution in [0.5, 0.6) is 0 Å². The van der Waals surface area contributed by atoms with Gasteiger partial charge in [-0.3, -0.25) is 0 Å². The van der Waals surface area contributed by atoms with E-state index in [1.165, 1.54) is 31.2 Å². The first-order chi connectivity index (χ1) is 8.48. The van der Waals surface area contributed by atoms with Gasteiger partial charge in [-0.25, -0.2) is 0 Å². The van der Waals surface area contributed by atoms with Crippen molar-refractivity contribution in [3.8, 4) is 0 Å². The summed E-state index contributed by atoms with van der Waals surface area (Å²) in [6.45, 7) is 6.90. The zero-order valence-electron chi connectivity index (χ0n) is 12.1. The molecule has 1 saturated carbocycles. The monoisotopic (exact) mass is 245 g/mol. The molecular formula is C17H27N. The van der Waals surface area contributed by atoms with E-state index in [2.05, 4.69) is 45.0 Å². The summed E-state index contributed by atoms with van der Waals surface area (Å²) >= 11 is 0. The molecule has 0 amide bonds. The highest BCUT2D eigenvalue weighted by Crippen LogP contribution is 2.43. The van der Waals surface area contributed by atoms with Crippen molar-refractivity contribution in [2.45, 2.75) is 64.8 Å². The molecule has 1 heteroatoms. The van der Waals surface area contributed by atoms with Gasteiger partial charge in [0.25, 0.3) is 0 Å². The van der Waals surface area contributed by atoms with Gasteiger partial charge in [0, 0.05) is 6.04 Å². The minimum Gasteiger partial charge on any atom is -0.328 e. The maximum absolute atomic E-state index is 5.97. The molecule has 0 radical (unpaired) electrons. The van der Waals surface area contributed by atoms with Gasteiger partial charge in [-0.2, -0.15) is 0 Å². The Balaban J connectivity index is 2.13. The second-order valence-electron chi connectivity index (χ2n) is 6.82. The maximum Gasteiger partial charge on any atom is 0.00510 e. The minimum absolute atomic E-state index is 0.256. The van der Waals surface area contributed by atoms with E-state index in [1.54, 1.807) is 5.56 Å². The van der Waals surface area contributed by atoms with E-state index in [0.29, 0.717) is 5.41 Å². The average Bonchev–Trinajstić information content (AvgIpc) is 2.29. The molecule has 1 aromatic carbocycles. The van der Waals surface area contributed by atoms with Gasteiger partial charge >= 0.3 is 0 Å². The summed E-state index contributed by atoms with van der Waals surface area (Å²) in [6.07, 6.45) is 6.39. The fourth-order valence-electron chi connectivity index (χ4n) is 3.18. The van der Waals surface area contributed by atoms with Crippen molar-refractivity contribution in [1.29, 1.82) is 0 Å². The van der Waals surface area contributed by atoms with Gasteiger partial charge in [-0.1, -0.05) is 38.1 Å². The number of rotatable bonds is 3. The molecular weight excluding hydrogens is 218 g/mol. The lowest BCUT2D eigenvalue weighted by molar-refractivity contribution is 0.224. The second kappa shape index (κ2) is 5.44. The quantitative estimate of drug-likeness (QED) is 0.846. The van der Waals surface area contributed by atoms with Crippen LogP contribution in [0.3, 0.4) is 0 Å². The molecule has 1 fully saturated rings. The van der Waals surface area contributed by atoms with E-state index in [9.17, 15) is 0 Å². The summed E-state index contributed by atoms with van der Waals surface area (Å²) < 4.78 is 0. The standard InChI is InChI=1S/C17H27N/c1-13(18)12-15-6-4-5-7-16(15)14-8-10-17(2,3)11-9-14/h4-7,13-14H,8-12,18H2,1-3H3. The summed E-state index contributed by atoms with van der Waals surface area (Å²) in [5, 5.41) is 0. The molecule has 2 N–H and O–H groups in total. The Morgan fingerprint density at radius 1 is 1.22 bits per heavy atom. The topological polar surface area (TPSA) is 26.0 Å². The second-order valence-corrected chi connectivity index (χ2v) is 6.82. The Labute approximate surface area is 112 Å². The Hall–Kier alpha value is -0.820. The van der Waals surface area contributed by atoms with Crippen LogP contribution in [0, 0.1) is 5.41 Å². The molecule has 0 saturated heterocycles. The van der Waals surface area contributed by atoms with Gasteiger partial charge in [0.1, 0.15) is 0 Å². The highest BCUT2D eigenvalue weighted by molar-refractivity contribution is 5.31. The van der Waals surface area contributed by atoms with E-state index in [0.717, 1.165) is 12.3 Å². The Morgan fingerprint density at radius 3 is 2.44 bits per heavy atom. The SMILES string of the molecule is CC(N)Cc1ccccc1C1CCC(C)(C)CC1. The average molecular weight is 245 g/mol. The Bertz CT molecular complexity index is 382. The van der Waals surface area contributed by atoms with Crippen molar-refractivity contribution in [2.75, 3.05) is 0 Å². The molecule has 0 spiro atoms. The molecule has 1 aliphatic carbocycles. The molecule has 1 atom stereocenters. The van der Waals surface area contributed by atoms with Crippen LogP contribution in [0.4, 0.5) is 0 Å². The highest BCUT2D eigenvalue weighted by atomic mass is 14.6. The lowest BCUT2D eigenvalue weighted by Gasteiger charge is -2.35. The third-order valence-corrected chi connectivity index (χ3v) is 4.38. The van der Waals surface area contributed by atoms with E-state index in [1.807, 2.05) is 0 Å². The van der Waals surface area contributed by atoms with Crippen LogP contribution in [0.15, 0.2) is 24.3 Å². The number of nitrogens with two attached hydrogens (primary N) is 1. The van der Waals surface area contributed by atoms with Crippen molar-refractivity contribution < 1.29 is 0 Å². The molecule has 1 nitrogen and oxygen atoms in total. The van der Waals surface area contributed by atoms with E-state index in [4.69, 9.17) is 5.73 Å². The maximum atomic E-state index is 5.97. The molecule has 1 aliphatic rings. The summed E-state index contributed by atoms with van der Waals surface area (Å²) in [7, 11) is 0. The molecule has 1 unspecified atom stereocenters. The van der Waals surface area contributed by atoms with Crippen molar-refractivity contribution in [3.05, 3.63) is 35.4 Å². The van der Waals surface area contributed by atoms with E-state index in [-0.39, 0.29) is 6.04 Å². The molecule has 2 rings (SSSR count). The molecule has 0 bridgehead atoms. The van der Waals surface area contributed by atoms with Crippen molar-refractivity contribution in [3.63, 3.8) is 0 Å². The summed E-state index contributed by atoms with van der Waals surface area (Å²) in [6, 6.07) is 9.17. The molecule has 18 heavy (non-hydrogen) atoms. The van der Waals surface area contributed by atoms with Gasteiger partial charge in [0.2, 0.25) is 0 Å². The van der Waals surface area contributed by atoms with Crippen LogP contribution in [-0.4, -0.2) is 6.04 Å². The van der Waals surface area contributed by atoms with Crippen LogP contribution < -0.4 is 5.73 Å². The Morgan fingerprint density at radius 2 is 1.83 bits per heavy atom. The van der Waals surface area contributed by atoms with E-state index < -0.39 is 0 Å². The molecule has 100 valence electrons. The first kappa shape index (κ1) is 13.6. The minimum atomic E-state index is 0.256. The van der Waals surface area contributed by atoms with Gasteiger partial charge < -0.3 is 5.73 Å². The van der Waals surface area contributed by atoms with Gasteiger partial charge in [-0.05, 0) is 61.5 Å². The fraction of sp³-hybridized carbons (Fsp3) is 0.647. The highest BCUT2D eigenvalue weighted by Gasteiger charge is 2.28. The van der Waals surface area contributed by atoms with Crippen LogP contribution in [0.25, 0.3) is 0 Å². The lowest BCUT2D eigenvalue weighted by Crippen LogP contribution is -2.22. The molecule has 1 aromatic rings. The summed E-state index contributed by atoms with van der Waals surface area (Å²) in [4.78, 5) is 0. The largest absolute Gasteiger partial charge is 0.328 e. The first-order valence-corrected chi connectivity index (χ1v) is 7.31. The predicted octanol–water partition coefficient (Wildman–Crippen LogP) is 4.26. The summed E-state index contributed by atoms with van der Waals surface area (Å²) in [5.74, 6) is 0.757. The normalized spacial score (nSPS) is 21.8. The molecule has 0 aromatic heterocycles. The number of hydrogen-bond donors (Lipinski definition) is 1. The molecule has 0 heterocycles. The van der Waals surface area contributed by atoms with Crippen molar-refractivity contribution in [2.24, 2.45) is 11.1 Å². The van der Waals surface area contributed by atoms with Crippen LogP contribution >= 0.6 is 0 Å². The first-order valence-electron chi connectivity index (χ1n) is 7.31. The zero-order chi connectivity index (χ0) is 13.2. The third kappa shape index (κ3) is 3.35. The van der Waals surface area contributed by atoms with Gasteiger partial charge in [0.05, 0.1) is 0 Å². The fourth-order valence-corrected chi connectivity index (χ4v) is 3.18. The van der Waals surface area contributed by atoms with E-state index >= 15 is 0 Å². The zero-order valence-corrected chi connectivity index (χ0v) is 12.1. The van der Waals surface area contributed by atoms with Crippen LogP contribution in [0.2, 0.25) is 0 Å². The Kier molecular flexibility index (Phi) is 4.11.